The second kappa shape index (κ2) is 9.38. The van der Waals surface area contributed by atoms with E-state index in [-0.39, 0.29) is 0 Å². The minimum atomic E-state index is -0.461. The van der Waals surface area contributed by atoms with Gasteiger partial charge in [-0.2, -0.15) is 0 Å². The second-order valence-electron chi connectivity index (χ2n) is 11.7. The maximum Gasteiger partial charge on any atom is 0.234 e. The van der Waals surface area contributed by atoms with Gasteiger partial charge >= 0.3 is 0 Å². The summed E-state index contributed by atoms with van der Waals surface area (Å²) >= 11 is 4.91. The smallest absolute Gasteiger partial charge is 0.234 e. The minimum absolute atomic E-state index is 0.440. The number of benzene rings is 2. The average molecular weight is 631 g/mol. The zero-order valence-corrected chi connectivity index (χ0v) is 25.7. The van der Waals surface area contributed by atoms with Crippen LogP contribution >= 0.6 is 34.0 Å². The summed E-state index contributed by atoms with van der Waals surface area (Å²) in [5, 5.41) is 0. The quantitative estimate of drug-likeness (QED) is 0.144. The minimum Gasteiger partial charge on any atom is -0.479 e. The van der Waals surface area contributed by atoms with Gasteiger partial charge in [0.2, 0.25) is 23.1 Å². The number of ether oxygens (including phenoxy) is 1. The van der Waals surface area contributed by atoms with Crippen molar-refractivity contribution in [3.63, 3.8) is 0 Å². The van der Waals surface area contributed by atoms with Gasteiger partial charge < -0.3 is 4.74 Å². The number of allylic oxidation sites excluding steroid dienone is 2. The Morgan fingerprint density at radius 2 is 1.18 bits per heavy atom. The summed E-state index contributed by atoms with van der Waals surface area (Å²) in [6, 6.07) is 18.6. The highest BCUT2D eigenvalue weighted by Crippen LogP contribution is 2.60. The normalized spacial score (nSPS) is 20.0. The summed E-state index contributed by atoms with van der Waals surface area (Å²) in [6.45, 7) is 0. The van der Waals surface area contributed by atoms with Gasteiger partial charge in [-0.05, 0) is 61.1 Å². The molecule has 4 heterocycles. The van der Waals surface area contributed by atoms with E-state index in [1.165, 1.54) is 16.9 Å². The van der Waals surface area contributed by atoms with Crippen LogP contribution in [0.4, 0.5) is 0 Å². The van der Waals surface area contributed by atoms with Crippen molar-refractivity contribution in [2.45, 2.75) is 37.7 Å². The fourth-order valence-electron chi connectivity index (χ4n) is 7.07. The van der Waals surface area contributed by atoms with Crippen LogP contribution in [-0.4, -0.2) is 23.1 Å². The Balaban J connectivity index is 1.17. The SMILES string of the molecule is O=C1C(=O)c2ccccc2/C1=C/c1cc2c(s1)-c1sc3cc(/C=C4\C(=O)C(=O)c5ccccc54)sc3c1OC21CCCCC1. The molecule has 1 fully saturated rings. The molecule has 8 heteroatoms. The van der Waals surface area contributed by atoms with Crippen LogP contribution in [0, 0.1) is 0 Å². The molecule has 9 rings (SSSR count). The zero-order valence-electron chi connectivity index (χ0n) is 23.2. The van der Waals surface area contributed by atoms with Crippen LogP contribution in [0.25, 0.3) is 42.5 Å². The van der Waals surface area contributed by atoms with Crippen molar-refractivity contribution < 1.29 is 23.9 Å². The lowest BCUT2D eigenvalue weighted by Gasteiger charge is -2.40. The lowest BCUT2D eigenvalue weighted by molar-refractivity contribution is -0.110. The molecule has 0 N–H and O–H groups in total. The van der Waals surface area contributed by atoms with Gasteiger partial charge in [-0.25, -0.2) is 0 Å². The van der Waals surface area contributed by atoms with Gasteiger partial charge in [0.05, 0.1) is 19.2 Å². The van der Waals surface area contributed by atoms with Gasteiger partial charge in [0, 0.05) is 37.6 Å². The number of carbonyl (C=O) groups excluding carboxylic acids is 4. The molecule has 2 aromatic carbocycles. The molecule has 0 saturated heterocycles. The van der Waals surface area contributed by atoms with E-state index in [1.54, 1.807) is 58.3 Å². The van der Waals surface area contributed by atoms with E-state index in [1.807, 2.05) is 36.4 Å². The third-order valence-corrected chi connectivity index (χ3v) is 12.7. The zero-order chi connectivity index (χ0) is 29.7. The molecule has 1 aliphatic heterocycles. The first-order chi connectivity index (χ1) is 21.4. The highest BCUT2D eigenvalue weighted by Gasteiger charge is 2.45. The van der Waals surface area contributed by atoms with Crippen molar-refractivity contribution in [3.05, 3.63) is 98.2 Å². The second-order valence-corrected chi connectivity index (χ2v) is 14.9. The molecular formula is C36H22O5S3. The molecule has 0 radical (unpaired) electrons. The Labute approximate surface area is 264 Å². The first-order valence-corrected chi connectivity index (χ1v) is 17.1. The van der Waals surface area contributed by atoms with Crippen LogP contribution in [0.15, 0.2) is 60.7 Å². The standard InChI is InChI=1S/C36H22O5S3/c37-28-22-10-4-2-8-20(22)24(30(28)39)14-18-16-26-33(42-18)35-32(41-36(26)12-6-1-7-13-36)34-27(44-35)17-19(43-34)15-25-21-9-3-5-11-23(21)29(38)31(25)40/h2-5,8-11,14-17H,1,6-7,12-13H2/b24-14-,25-15-. The van der Waals surface area contributed by atoms with Gasteiger partial charge in [0.15, 0.2) is 5.75 Å². The first kappa shape index (κ1) is 26.2. The Morgan fingerprint density at radius 1 is 0.614 bits per heavy atom. The van der Waals surface area contributed by atoms with E-state index in [2.05, 4.69) is 12.1 Å². The van der Waals surface area contributed by atoms with E-state index in [0.29, 0.717) is 33.4 Å². The number of carbonyl (C=O) groups is 4. The molecule has 5 nitrogen and oxygen atoms in total. The molecule has 0 unspecified atom stereocenters. The summed E-state index contributed by atoms with van der Waals surface area (Å²) in [5.74, 6) is -0.920. The van der Waals surface area contributed by atoms with Crippen LogP contribution in [0.3, 0.4) is 0 Å². The summed E-state index contributed by atoms with van der Waals surface area (Å²) < 4.78 is 9.17. The summed E-state index contributed by atoms with van der Waals surface area (Å²) in [7, 11) is 0. The van der Waals surface area contributed by atoms with Crippen LogP contribution in [0.2, 0.25) is 0 Å². The first-order valence-electron chi connectivity index (χ1n) is 14.6. The van der Waals surface area contributed by atoms with Gasteiger partial charge in [0.25, 0.3) is 0 Å². The Bertz CT molecular complexity index is 2210. The largest absolute Gasteiger partial charge is 0.479 e. The molecule has 3 aromatic heterocycles. The molecular weight excluding hydrogens is 609 g/mol. The van der Waals surface area contributed by atoms with Crippen LogP contribution in [0.1, 0.15) is 79.3 Å². The molecule has 214 valence electrons. The Kier molecular flexibility index (Phi) is 5.58. The average Bonchev–Trinajstić information content (AvgIpc) is 3.83. The fourth-order valence-corrected chi connectivity index (χ4v) is 10.9. The maximum absolute atomic E-state index is 13.0. The monoisotopic (exact) mass is 630 g/mol. The maximum atomic E-state index is 13.0. The van der Waals surface area contributed by atoms with Crippen LogP contribution in [0.5, 0.6) is 5.75 Å². The molecule has 0 atom stereocenters. The van der Waals surface area contributed by atoms with Crippen LogP contribution in [-0.2, 0) is 15.2 Å². The van der Waals surface area contributed by atoms with Gasteiger partial charge in [-0.15, -0.1) is 34.0 Å². The number of ketones is 4. The molecule has 0 amide bonds. The predicted molar refractivity (Wildman–Crippen MR) is 176 cm³/mol. The van der Waals surface area contributed by atoms with Crippen molar-refractivity contribution in [3.8, 4) is 15.5 Å². The van der Waals surface area contributed by atoms with Gasteiger partial charge in [-0.1, -0.05) is 55.0 Å². The molecule has 0 bridgehead atoms. The Hall–Kier alpha value is -4.24. The van der Waals surface area contributed by atoms with E-state index in [4.69, 9.17) is 4.74 Å². The van der Waals surface area contributed by atoms with E-state index in [0.717, 1.165) is 55.5 Å². The van der Waals surface area contributed by atoms with Gasteiger partial charge in [-0.3, -0.25) is 19.2 Å². The summed E-state index contributed by atoms with van der Waals surface area (Å²) in [4.78, 5) is 55.1. The van der Waals surface area contributed by atoms with E-state index >= 15 is 0 Å². The fraction of sp³-hybridized carbons (Fsp3) is 0.167. The number of Topliss-reactive ketones (excluding diaryl/α,β-unsaturated/α-hetero) is 4. The van der Waals surface area contributed by atoms with E-state index < -0.39 is 28.7 Å². The summed E-state index contributed by atoms with van der Waals surface area (Å²) in [6.07, 6.45) is 8.87. The predicted octanol–water partition coefficient (Wildman–Crippen LogP) is 8.86. The topological polar surface area (TPSA) is 77.5 Å². The lowest BCUT2D eigenvalue weighted by atomic mass is 9.78. The molecule has 4 aliphatic rings. The van der Waals surface area contributed by atoms with Crippen molar-refractivity contribution in [2.75, 3.05) is 0 Å². The molecule has 5 aromatic rings. The number of fused-ring (bicyclic) bond motifs is 8. The highest BCUT2D eigenvalue weighted by molar-refractivity contribution is 7.32. The number of hydrogen-bond acceptors (Lipinski definition) is 8. The van der Waals surface area contributed by atoms with Crippen molar-refractivity contribution in [2.24, 2.45) is 0 Å². The third-order valence-electron chi connectivity index (χ3n) is 9.15. The molecule has 1 spiro atoms. The number of rotatable bonds is 2. The third kappa shape index (κ3) is 3.62. The van der Waals surface area contributed by atoms with Gasteiger partial charge in [0.1, 0.15) is 5.60 Å². The number of thiophene rings is 3. The molecule has 44 heavy (non-hydrogen) atoms. The van der Waals surface area contributed by atoms with Crippen LogP contribution < -0.4 is 4.74 Å². The van der Waals surface area contributed by atoms with Crippen molar-refractivity contribution in [1.82, 2.24) is 0 Å². The summed E-state index contributed by atoms with van der Waals surface area (Å²) in [5.41, 5.74) is 3.95. The molecule has 3 aliphatic carbocycles. The van der Waals surface area contributed by atoms with Crippen molar-refractivity contribution in [1.29, 1.82) is 0 Å². The molecule has 1 saturated carbocycles. The van der Waals surface area contributed by atoms with E-state index in [9.17, 15) is 19.2 Å². The lowest BCUT2D eigenvalue weighted by Crippen LogP contribution is -2.37. The Morgan fingerprint density at radius 3 is 1.80 bits per heavy atom. The highest BCUT2D eigenvalue weighted by atomic mass is 32.1. The number of hydrogen-bond donors (Lipinski definition) is 0. The van der Waals surface area contributed by atoms with Crippen molar-refractivity contribution >= 4 is 89.8 Å².